The van der Waals surface area contributed by atoms with E-state index in [0.717, 1.165) is 12.1 Å². The topological polar surface area (TPSA) is 47.0 Å². The van der Waals surface area contributed by atoms with Crippen molar-refractivity contribution in [1.29, 1.82) is 0 Å². The van der Waals surface area contributed by atoms with Crippen molar-refractivity contribution in [3.8, 4) is 0 Å². The van der Waals surface area contributed by atoms with Gasteiger partial charge in [-0.3, -0.25) is 0 Å². The number of hydrogen-bond donors (Lipinski definition) is 1. The molecule has 7 heteroatoms. The molecule has 0 aliphatic rings. The molecule has 106 valence electrons. The van der Waals surface area contributed by atoms with Crippen LogP contribution >= 0.6 is 11.8 Å². The second-order valence-electron chi connectivity index (χ2n) is 3.87. The monoisotopic (exact) mass is 297 g/mol. The third kappa shape index (κ3) is 3.64. The van der Waals surface area contributed by atoms with Gasteiger partial charge in [0.15, 0.2) is 17.5 Å². The molecule has 2 aromatic rings. The Labute approximate surface area is 119 Å². The standard InChI is InChI=1S/C13H13F2N3OS/c1-16-11-6-13(18-12(17-11)7-19-2)20-8-3-4-9(14)10(15)5-8/h3-6H,7H2,1-2H3,(H,16,17,18). The van der Waals surface area contributed by atoms with Gasteiger partial charge in [0.1, 0.15) is 17.5 Å². The average molecular weight is 297 g/mol. The van der Waals surface area contributed by atoms with Gasteiger partial charge in [-0.1, -0.05) is 11.8 Å². The van der Waals surface area contributed by atoms with Gasteiger partial charge in [0.25, 0.3) is 0 Å². The van der Waals surface area contributed by atoms with Gasteiger partial charge in [0, 0.05) is 25.1 Å². The van der Waals surface area contributed by atoms with Crippen LogP contribution in [0.4, 0.5) is 14.6 Å². The number of ether oxygens (including phenoxy) is 1. The lowest BCUT2D eigenvalue weighted by Gasteiger charge is -2.07. The normalized spacial score (nSPS) is 10.6. The fourth-order valence-electron chi connectivity index (χ4n) is 1.51. The van der Waals surface area contributed by atoms with Gasteiger partial charge in [-0.05, 0) is 18.2 Å². The average Bonchev–Trinajstić information content (AvgIpc) is 2.43. The number of hydrogen-bond acceptors (Lipinski definition) is 5. The summed E-state index contributed by atoms with van der Waals surface area (Å²) in [6.07, 6.45) is 0. The maximum Gasteiger partial charge on any atom is 0.159 e. The number of nitrogens with one attached hydrogen (secondary N) is 1. The summed E-state index contributed by atoms with van der Waals surface area (Å²) in [5, 5.41) is 3.55. The number of anilines is 1. The highest BCUT2D eigenvalue weighted by Crippen LogP contribution is 2.28. The number of aromatic nitrogens is 2. The van der Waals surface area contributed by atoms with Crippen LogP contribution in [0.5, 0.6) is 0 Å². The summed E-state index contributed by atoms with van der Waals surface area (Å²) in [5.74, 6) is -0.593. The van der Waals surface area contributed by atoms with Crippen LogP contribution < -0.4 is 5.32 Å². The summed E-state index contributed by atoms with van der Waals surface area (Å²) >= 11 is 1.23. The highest BCUT2D eigenvalue weighted by atomic mass is 32.2. The van der Waals surface area contributed by atoms with Crippen LogP contribution in [0.1, 0.15) is 5.82 Å². The molecule has 2 rings (SSSR count). The Kier molecular flexibility index (Phi) is 4.86. The van der Waals surface area contributed by atoms with E-state index < -0.39 is 11.6 Å². The Morgan fingerprint density at radius 3 is 2.65 bits per heavy atom. The third-order valence-corrected chi connectivity index (χ3v) is 3.30. The fraction of sp³-hybridized carbons (Fsp3) is 0.231. The minimum absolute atomic E-state index is 0.279. The van der Waals surface area contributed by atoms with Gasteiger partial charge in [-0.15, -0.1) is 0 Å². The van der Waals surface area contributed by atoms with E-state index in [4.69, 9.17) is 4.74 Å². The van der Waals surface area contributed by atoms with Crippen LogP contribution in [0.3, 0.4) is 0 Å². The summed E-state index contributed by atoms with van der Waals surface area (Å²) in [5.41, 5.74) is 0. The van der Waals surface area contributed by atoms with E-state index in [0.29, 0.717) is 21.6 Å². The molecule has 0 aliphatic carbocycles. The third-order valence-electron chi connectivity index (χ3n) is 2.39. The first-order valence-electron chi connectivity index (χ1n) is 5.80. The van der Waals surface area contributed by atoms with Gasteiger partial charge >= 0.3 is 0 Å². The fourth-order valence-corrected chi connectivity index (χ4v) is 2.37. The minimum atomic E-state index is -0.880. The summed E-state index contributed by atoms with van der Waals surface area (Å²) in [6, 6.07) is 5.45. The summed E-state index contributed by atoms with van der Waals surface area (Å²) in [6.45, 7) is 0.279. The smallest absolute Gasteiger partial charge is 0.159 e. The molecule has 1 aromatic heterocycles. The first-order chi connectivity index (χ1) is 9.62. The van der Waals surface area contributed by atoms with Crippen molar-refractivity contribution in [2.24, 2.45) is 0 Å². The highest BCUT2D eigenvalue weighted by molar-refractivity contribution is 7.99. The summed E-state index contributed by atoms with van der Waals surface area (Å²) in [7, 11) is 3.29. The van der Waals surface area contributed by atoms with E-state index in [1.165, 1.54) is 17.8 Å². The molecule has 1 N–H and O–H groups in total. The highest BCUT2D eigenvalue weighted by Gasteiger charge is 2.08. The lowest BCUT2D eigenvalue weighted by Crippen LogP contribution is -2.02. The molecule has 0 unspecified atom stereocenters. The lowest BCUT2D eigenvalue weighted by molar-refractivity contribution is 0.177. The molecule has 20 heavy (non-hydrogen) atoms. The number of methoxy groups -OCH3 is 1. The van der Waals surface area contributed by atoms with Gasteiger partial charge in [-0.25, -0.2) is 18.7 Å². The second kappa shape index (κ2) is 6.62. The molecule has 0 atom stereocenters. The largest absolute Gasteiger partial charge is 0.377 e. The van der Waals surface area contributed by atoms with E-state index in [9.17, 15) is 8.78 Å². The van der Waals surface area contributed by atoms with Crippen LogP contribution in [0.25, 0.3) is 0 Å². The number of rotatable bonds is 5. The van der Waals surface area contributed by atoms with Gasteiger partial charge in [0.2, 0.25) is 0 Å². The predicted octanol–water partition coefficient (Wildman–Crippen LogP) is 3.09. The van der Waals surface area contributed by atoms with E-state index >= 15 is 0 Å². The molecule has 0 amide bonds. The van der Waals surface area contributed by atoms with Crippen molar-refractivity contribution in [3.05, 3.63) is 41.7 Å². The molecule has 0 saturated carbocycles. The molecule has 0 spiro atoms. The molecular formula is C13H13F2N3OS. The van der Waals surface area contributed by atoms with Gasteiger partial charge in [-0.2, -0.15) is 0 Å². The molecule has 0 saturated heterocycles. The number of halogens is 2. The van der Waals surface area contributed by atoms with Crippen molar-refractivity contribution in [1.82, 2.24) is 9.97 Å². The van der Waals surface area contributed by atoms with Crippen molar-refractivity contribution in [2.75, 3.05) is 19.5 Å². The van der Waals surface area contributed by atoms with Crippen molar-refractivity contribution in [2.45, 2.75) is 16.5 Å². The van der Waals surface area contributed by atoms with E-state index in [-0.39, 0.29) is 6.61 Å². The Morgan fingerprint density at radius 2 is 2.00 bits per heavy atom. The summed E-state index contributed by atoms with van der Waals surface area (Å²) in [4.78, 5) is 9.07. The lowest BCUT2D eigenvalue weighted by atomic mass is 10.3. The zero-order valence-corrected chi connectivity index (χ0v) is 11.8. The Balaban J connectivity index is 2.27. The zero-order valence-electron chi connectivity index (χ0n) is 11.0. The maximum absolute atomic E-state index is 13.2. The van der Waals surface area contributed by atoms with E-state index in [2.05, 4.69) is 15.3 Å². The Morgan fingerprint density at radius 1 is 1.20 bits per heavy atom. The molecule has 0 fully saturated rings. The van der Waals surface area contributed by atoms with Gasteiger partial charge in [0.05, 0.1) is 0 Å². The van der Waals surface area contributed by atoms with E-state index in [1.54, 1.807) is 20.2 Å². The Bertz CT molecular complexity index is 610. The SMILES string of the molecule is CNc1cc(Sc2ccc(F)c(F)c2)nc(COC)n1. The first-order valence-corrected chi connectivity index (χ1v) is 6.61. The molecule has 0 radical (unpaired) electrons. The summed E-state index contributed by atoms with van der Waals surface area (Å²) < 4.78 is 31.1. The first kappa shape index (κ1) is 14.7. The Hall–Kier alpha value is -1.73. The van der Waals surface area contributed by atoms with Crippen LogP contribution in [0.2, 0.25) is 0 Å². The predicted molar refractivity (Wildman–Crippen MR) is 72.8 cm³/mol. The number of benzene rings is 1. The second-order valence-corrected chi connectivity index (χ2v) is 4.96. The quantitative estimate of drug-likeness (QED) is 0.859. The van der Waals surface area contributed by atoms with Crippen LogP contribution in [0.15, 0.2) is 34.2 Å². The van der Waals surface area contributed by atoms with Crippen molar-refractivity contribution < 1.29 is 13.5 Å². The molecule has 1 aromatic carbocycles. The van der Waals surface area contributed by atoms with Crippen LogP contribution in [-0.2, 0) is 11.3 Å². The molecular weight excluding hydrogens is 284 g/mol. The van der Waals surface area contributed by atoms with Gasteiger partial charge < -0.3 is 10.1 Å². The minimum Gasteiger partial charge on any atom is -0.377 e. The molecule has 1 heterocycles. The van der Waals surface area contributed by atoms with Crippen LogP contribution in [-0.4, -0.2) is 24.1 Å². The zero-order chi connectivity index (χ0) is 14.5. The van der Waals surface area contributed by atoms with Crippen molar-refractivity contribution in [3.63, 3.8) is 0 Å². The molecule has 0 bridgehead atoms. The maximum atomic E-state index is 13.2. The van der Waals surface area contributed by atoms with E-state index in [1.807, 2.05) is 0 Å². The molecule has 0 aliphatic heterocycles. The van der Waals surface area contributed by atoms with Crippen molar-refractivity contribution >= 4 is 17.6 Å². The van der Waals surface area contributed by atoms with Crippen LogP contribution in [0, 0.1) is 11.6 Å². The molecule has 4 nitrogen and oxygen atoms in total. The number of nitrogens with zero attached hydrogens (tertiary/aromatic N) is 2.